The van der Waals surface area contributed by atoms with Crippen LogP contribution in [-0.4, -0.2) is 42.5 Å². The van der Waals surface area contributed by atoms with Gasteiger partial charge >= 0.3 is 0 Å². The number of rotatable bonds is 2. The van der Waals surface area contributed by atoms with Crippen LogP contribution in [0.25, 0.3) is 11.0 Å². The zero-order valence-electron chi connectivity index (χ0n) is 11.8. The minimum Gasteiger partial charge on any atom is -0.450 e. The van der Waals surface area contributed by atoms with Gasteiger partial charge in [-0.1, -0.05) is 12.1 Å². The highest BCUT2D eigenvalue weighted by molar-refractivity contribution is 9.10. The number of hydrogen-bond donors (Lipinski definition) is 1. The Kier molecular flexibility index (Phi) is 3.90. The average Bonchev–Trinajstić information content (AvgIpc) is 3.10. The number of carbonyl (C=O) groups is 2. The highest BCUT2D eigenvalue weighted by Gasteiger charge is 2.40. The van der Waals surface area contributed by atoms with Crippen LogP contribution in [0.4, 0.5) is 4.39 Å². The Bertz CT molecular complexity index is 745. The van der Waals surface area contributed by atoms with Crippen LogP contribution in [0, 0.1) is 0 Å². The molecular formula is C15H14BrFN2O3. The Morgan fingerprint density at radius 2 is 2.23 bits per heavy atom. The van der Waals surface area contributed by atoms with Gasteiger partial charge in [-0.15, -0.1) is 0 Å². The fraction of sp³-hybridized carbons (Fsp3) is 0.333. The summed E-state index contributed by atoms with van der Waals surface area (Å²) in [7, 11) is 1.47. The Balaban J connectivity index is 1.94. The van der Waals surface area contributed by atoms with Crippen LogP contribution in [0.3, 0.4) is 0 Å². The maximum atomic E-state index is 13.7. The maximum absolute atomic E-state index is 13.7. The van der Waals surface area contributed by atoms with E-state index in [4.69, 9.17) is 4.42 Å². The summed E-state index contributed by atoms with van der Waals surface area (Å²) in [5.41, 5.74) is 0.554. The third-order valence-corrected chi connectivity index (χ3v) is 4.39. The van der Waals surface area contributed by atoms with Crippen molar-refractivity contribution in [2.24, 2.45) is 0 Å². The maximum Gasteiger partial charge on any atom is 0.290 e. The van der Waals surface area contributed by atoms with Gasteiger partial charge in [0.2, 0.25) is 5.91 Å². The van der Waals surface area contributed by atoms with Crippen molar-refractivity contribution in [1.82, 2.24) is 10.2 Å². The van der Waals surface area contributed by atoms with Crippen LogP contribution in [0.15, 0.2) is 33.2 Å². The topological polar surface area (TPSA) is 62.6 Å². The molecule has 7 heteroatoms. The summed E-state index contributed by atoms with van der Waals surface area (Å²) in [4.78, 5) is 25.6. The first-order chi connectivity index (χ1) is 10.5. The van der Waals surface area contributed by atoms with Crippen molar-refractivity contribution < 1.29 is 18.4 Å². The number of fused-ring (bicyclic) bond motifs is 1. The predicted octanol–water partition coefficient (Wildman–Crippen LogP) is 2.49. The molecule has 0 radical (unpaired) electrons. The minimum absolute atomic E-state index is 0.00926. The van der Waals surface area contributed by atoms with E-state index in [-0.39, 0.29) is 24.6 Å². The average molecular weight is 369 g/mol. The molecule has 1 saturated heterocycles. The smallest absolute Gasteiger partial charge is 0.290 e. The minimum atomic E-state index is -1.21. The summed E-state index contributed by atoms with van der Waals surface area (Å²) in [6.07, 6.45) is -1.20. The molecule has 0 unspecified atom stereocenters. The second-order valence-electron chi connectivity index (χ2n) is 5.19. The lowest BCUT2D eigenvalue weighted by molar-refractivity contribution is -0.124. The number of hydrogen-bond acceptors (Lipinski definition) is 3. The van der Waals surface area contributed by atoms with E-state index in [1.54, 1.807) is 12.1 Å². The van der Waals surface area contributed by atoms with Gasteiger partial charge in [-0.2, -0.15) is 0 Å². The third-order valence-electron chi connectivity index (χ3n) is 3.77. The van der Waals surface area contributed by atoms with Crippen LogP contribution in [0.1, 0.15) is 17.0 Å². The van der Waals surface area contributed by atoms with Crippen LogP contribution >= 0.6 is 15.9 Å². The van der Waals surface area contributed by atoms with Crippen molar-refractivity contribution >= 4 is 38.7 Å². The zero-order valence-corrected chi connectivity index (χ0v) is 13.4. The molecule has 2 heterocycles. The quantitative estimate of drug-likeness (QED) is 0.885. The van der Waals surface area contributed by atoms with E-state index in [1.165, 1.54) is 11.9 Å². The molecular weight excluding hydrogens is 355 g/mol. The molecule has 1 fully saturated rings. The number of para-hydroxylation sites is 1. The van der Waals surface area contributed by atoms with Gasteiger partial charge in [-0.25, -0.2) is 4.39 Å². The number of halogens is 2. The van der Waals surface area contributed by atoms with Crippen molar-refractivity contribution in [3.8, 4) is 0 Å². The van der Waals surface area contributed by atoms with Gasteiger partial charge in [0.1, 0.15) is 17.8 Å². The van der Waals surface area contributed by atoms with E-state index in [0.29, 0.717) is 5.58 Å². The first kappa shape index (κ1) is 15.0. The molecule has 0 saturated carbocycles. The van der Waals surface area contributed by atoms with Crippen molar-refractivity contribution in [2.45, 2.75) is 18.6 Å². The molecule has 1 N–H and O–H groups in total. The fourth-order valence-electron chi connectivity index (χ4n) is 2.70. The van der Waals surface area contributed by atoms with Gasteiger partial charge in [0.25, 0.3) is 5.91 Å². The van der Waals surface area contributed by atoms with Gasteiger partial charge in [0, 0.05) is 18.9 Å². The summed E-state index contributed by atoms with van der Waals surface area (Å²) in [5, 5.41) is 3.23. The second-order valence-corrected chi connectivity index (χ2v) is 6.04. The van der Waals surface area contributed by atoms with Crippen molar-refractivity contribution in [3.63, 3.8) is 0 Å². The first-order valence-electron chi connectivity index (χ1n) is 6.86. The lowest BCUT2D eigenvalue weighted by atomic mass is 10.2. The third kappa shape index (κ3) is 2.49. The predicted molar refractivity (Wildman–Crippen MR) is 82.3 cm³/mol. The molecule has 1 aliphatic rings. The zero-order chi connectivity index (χ0) is 15.9. The van der Waals surface area contributed by atoms with Crippen LogP contribution in [-0.2, 0) is 4.79 Å². The van der Waals surface area contributed by atoms with E-state index in [2.05, 4.69) is 21.2 Å². The number of nitrogens with one attached hydrogen (secondary N) is 1. The van der Waals surface area contributed by atoms with Crippen LogP contribution < -0.4 is 5.32 Å². The molecule has 1 aromatic carbocycles. The van der Waals surface area contributed by atoms with Crippen LogP contribution in [0.5, 0.6) is 0 Å². The normalized spacial score (nSPS) is 21.3. The molecule has 22 heavy (non-hydrogen) atoms. The lowest BCUT2D eigenvalue weighted by Crippen LogP contribution is -2.44. The molecule has 3 rings (SSSR count). The van der Waals surface area contributed by atoms with Crippen molar-refractivity contribution in [2.75, 3.05) is 13.6 Å². The summed E-state index contributed by atoms with van der Waals surface area (Å²) in [5.74, 6) is -0.743. The number of alkyl halides is 1. The van der Waals surface area contributed by atoms with E-state index in [0.717, 1.165) is 9.86 Å². The van der Waals surface area contributed by atoms with Gasteiger partial charge in [0.15, 0.2) is 5.76 Å². The number of furan rings is 1. The Morgan fingerprint density at radius 1 is 1.45 bits per heavy atom. The van der Waals surface area contributed by atoms with Gasteiger partial charge in [-0.05, 0) is 28.1 Å². The van der Waals surface area contributed by atoms with E-state index in [1.807, 2.05) is 12.1 Å². The fourth-order valence-corrected chi connectivity index (χ4v) is 3.16. The molecule has 5 nitrogen and oxygen atoms in total. The summed E-state index contributed by atoms with van der Waals surface area (Å²) >= 11 is 3.36. The van der Waals surface area contributed by atoms with Gasteiger partial charge < -0.3 is 14.6 Å². The SMILES string of the molecule is CNC(=O)[C@@H]1C[C@@H](F)CN1C(=O)c1cc2cccc(Br)c2o1. The lowest BCUT2D eigenvalue weighted by Gasteiger charge is -2.21. The largest absolute Gasteiger partial charge is 0.450 e. The summed E-state index contributed by atoms with van der Waals surface area (Å²) in [6, 6.07) is 6.26. The molecule has 0 aliphatic carbocycles. The van der Waals surface area contributed by atoms with Gasteiger partial charge in [-0.3, -0.25) is 9.59 Å². The number of likely N-dealkylation sites (N-methyl/N-ethyl adjacent to an activating group) is 1. The molecule has 2 aromatic rings. The molecule has 1 aromatic heterocycles. The monoisotopic (exact) mass is 368 g/mol. The first-order valence-corrected chi connectivity index (χ1v) is 7.65. The molecule has 1 aliphatic heterocycles. The number of benzene rings is 1. The Morgan fingerprint density at radius 3 is 2.91 bits per heavy atom. The van der Waals surface area contributed by atoms with E-state index in [9.17, 15) is 14.0 Å². The second kappa shape index (κ2) is 5.72. The van der Waals surface area contributed by atoms with Crippen molar-refractivity contribution in [3.05, 3.63) is 34.5 Å². The highest BCUT2D eigenvalue weighted by Crippen LogP contribution is 2.29. The Hall–Kier alpha value is -1.89. The van der Waals surface area contributed by atoms with E-state index < -0.39 is 18.1 Å². The molecule has 2 amide bonds. The van der Waals surface area contributed by atoms with Gasteiger partial charge in [0.05, 0.1) is 11.0 Å². The number of likely N-dealkylation sites (tertiary alicyclic amines) is 1. The van der Waals surface area contributed by atoms with E-state index >= 15 is 0 Å². The molecule has 2 atom stereocenters. The molecule has 0 spiro atoms. The summed E-state index contributed by atoms with van der Waals surface area (Å²) in [6.45, 7) is -0.102. The number of amides is 2. The highest BCUT2D eigenvalue weighted by atomic mass is 79.9. The number of nitrogens with zero attached hydrogens (tertiary/aromatic N) is 1. The number of carbonyl (C=O) groups excluding carboxylic acids is 2. The van der Waals surface area contributed by atoms with Crippen molar-refractivity contribution in [1.29, 1.82) is 0 Å². The standard InChI is InChI=1S/C15H14BrFN2O3/c1-18-14(20)11-6-9(17)7-19(11)15(21)12-5-8-3-2-4-10(16)13(8)22-12/h2-5,9,11H,6-7H2,1H3,(H,18,20)/t9-,11+/m1/s1. The van der Waals surface area contributed by atoms with Crippen LogP contribution in [0.2, 0.25) is 0 Å². The Labute approximate surface area is 134 Å². The molecule has 116 valence electrons. The summed E-state index contributed by atoms with van der Waals surface area (Å²) < 4.78 is 20.0. The molecule has 0 bridgehead atoms.